The Balaban J connectivity index is 2.18. The Morgan fingerprint density at radius 2 is 2.20 bits per heavy atom. The van der Waals surface area contributed by atoms with E-state index in [9.17, 15) is 9.90 Å². The lowest BCUT2D eigenvalue weighted by Gasteiger charge is -2.24. The molecule has 0 bridgehead atoms. The molecule has 0 atom stereocenters. The molecule has 20 heavy (non-hydrogen) atoms. The van der Waals surface area contributed by atoms with E-state index in [2.05, 4.69) is 20.3 Å². The second-order valence-electron chi connectivity index (χ2n) is 4.92. The summed E-state index contributed by atoms with van der Waals surface area (Å²) in [6.45, 7) is 3.43. The average Bonchev–Trinajstić information content (AvgIpc) is 2.66. The molecule has 7 nitrogen and oxygen atoms in total. The molecule has 2 aromatic rings. The molecule has 3 heterocycles. The number of carboxylic acid groups (broad SMARTS) is 1. The summed E-state index contributed by atoms with van der Waals surface area (Å²) in [5, 5.41) is 17.7. The first-order chi connectivity index (χ1) is 9.68. The van der Waals surface area contributed by atoms with Gasteiger partial charge in [0.05, 0.1) is 17.3 Å². The van der Waals surface area contributed by atoms with Crippen LogP contribution in [0.25, 0.3) is 11.0 Å². The number of aryl methyl sites for hydroxylation is 1. The molecule has 1 fully saturated rings. The molecule has 0 aliphatic carbocycles. The molecule has 1 aliphatic heterocycles. The van der Waals surface area contributed by atoms with Gasteiger partial charge in [0.25, 0.3) is 0 Å². The van der Waals surface area contributed by atoms with Crippen LogP contribution in [0.4, 0.5) is 5.69 Å². The summed E-state index contributed by atoms with van der Waals surface area (Å²) >= 11 is 0. The van der Waals surface area contributed by atoms with Gasteiger partial charge in [-0.2, -0.15) is 5.10 Å². The highest BCUT2D eigenvalue weighted by Gasteiger charge is 2.22. The molecule has 0 saturated carbocycles. The second-order valence-corrected chi connectivity index (χ2v) is 4.92. The number of aromatic carboxylic acids is 1. The van der Waals surface area contributed by atoms with E-state index in [-0.39, 0.29) is 5.56 Å². The molecule has 3 rings (SSSR count). The number of fused-ring (bicyclic) bond motifs is 1. The van der Waals surface area contributed by atoms with Crippen LogP contribution < -0.4 is 10.2 Å². The monoisotopic (exact) mass is 275 g/mol. The van der Waals surface area contributed by atoms with Gasteiger partial charge in [-0.1, -0.05) is 0 Å². The number of nitrogens with one attached hydrogen (secondary N) is 1. The largest absolute Gasteiger partial charge is 0.478 e. The molecule has 106 valence electrons. The molecular formula is C13H17N5O2. The van der Waals surface area contributed by atoms with E-state index >= 15 is 0 Å². The summed E-state index contributed by atoms with van der Waals surface area (Å²) < 4.78 is 1.67. The van der Waals surface area contributed by atoms with Gasteiger partial charge < -0.3 is 15.3 Å². The van der Waals surface area contributed by atoms with E-state index in [1.165, 1.54) is 6.20 Å². The van der Waals surface area contributed by atoms with Crippen molar-refractivity contribution in [1.29, 1.82) is 0 Å². The predicted molar refractivity (Wildman–Crippen MR) is 75.2 cm³/mol. The van der Waals surface area contributed by atoms with Crippen LogP contribution in [0.2, 0.25) is 0 Å². The molecule has 0 aromatic carbocycles. The maximum Gasteiger partial charge on any atom is 0.339 e. The van der Waals surface area contributed by atoms with Crippen molar-refractivity contribution in [2.75, 3.05) is 31.1 Å². The molecule has 1 aliphatic rings. The molecule has 1 saturated heterocycles. The first-order valence-corrected chi connectivity index (χ1v) is 6.68. The highest BCUT2D eigenvalue weighted by Crippen LogP contribution is 2.29. The zero-order valence-corrected chi connectivity index (χ0v) is 11.3. The van der Waals surface area contributed by atoms with E-state index in [1.54, 1.807) is 10.9 Å². The van der Waals surface area contributed by atoms with Gasteiger partial charge in [0.2, 0.25) is 0 Å². The average molecular weight is 275 g/mol. The normalized spacial score (nSPS) is 16.4. The van der Waals surface area contributed by atoms with Crippen molar-refractivity contribution >= 4 is 22.7 Å². The minimum absolute atomic E-state index is 0.243. The summed E-state index contributed by atoms with van der Waals surface area (Å²) in [7, 11) is 1.81. The molecule has 0 radical (unpaired) electrons. The Kier molecular flexibility index (Phi) is 3.27. The third-order valence-corrected chi connectivity index (χ3v) is 3.62. The number of rotatable bonds is 2. The van der Waals surface area contributed by atoms with E-state index in [0.717, 1.165) is 43.7 Å². The zero-order valence-electron chi connectivity index (χ0n) is 11.3. The van der Waals surface area contributed by atoms with E-state index < -0.39 is 5.97 Å². The van der Waals surface area contributed by atoms with Crippen molar-refractivity contribution in [2.45, 2.75) is 6.42 Å². The van der Waals surface area contributed by atoms with Crippen LogP contribution in [0.15, 0.2) is 12.4 Å². The lowest BCUT2D eigenvalue weighted by Crippen LogP contribution is -2.29. The minimum atomic E-state index is -0.949. The summed E-state index contributed by atoms with van der Waals surface area (Å²) in [6, 6.07) is 0. The van der Waals surface area contributed by atoms with Crippen molar-refractivity contribution in [2.24, 2.45) is 7.05 Å². The van der Waals surface area contributed by atoms with Crippen LogP contribution >= 0.6 is 0 Å². The summed E-state index contributed by atoms with van der Waals surface area (Å²) in [5.74, 6) is -0.949. The third kappa shape index (κ3) is 2.09. The number of anilines is 1. The highest BCUT2D eigenvalue weighted by atomic mass is 16.4. The Morgan fingerprint density at radius 1 is 1.35 bits per heavy atom. The fraction of sp³-hybridized carbons (Fsp3) is 0.462. The number of carbonyl (C=O) groups is 1. The molecule has 2 N–H and O–H groups in total. The summed E-state index contributed by atoms with van der Waals surface area (Å²) in [4.78, 5) is 17.8. The molecule has 0 amide bonds. The maximum atomic E-state index is 11.5. The van der Waals surface area contributed by atoms with Gasteiger partial charge in [-0.25, -0.2) is 9.78 Å². The van der Waals surface area contributed by atoms with Crippen molar-refractivity contribution in [1.82, 2.24) is 20.1 Å². The van der Waals surface area contributed by atoms with Crippen LogP contribution in [0.1, 0.15) is 16.8 Å². The molecule has 7 heteroatoms. The summed E-state index contributed by atoms with van der Waals surface area (Å²) in [6.07, 6.45) is 4.12. The number of carboxylic acids is 1. The highest BCUT2D eigenvalue weighted by molar-refractivity contribution is 6.03. The van der Waals surface area contributed by atoms with Crippen LogP contribution in [0.5, 0.6) is 0 Å². The van der Waals surface area contributed by atoms with E-state index in [4.69, 9.17) is 0 Å². The summed E-state index contributed by atoms with van der Waals surface area (Å²) in [5.41, 5.74) is 1.69. The maximum absolute atomic E-state index is 11.5. The van der Waals surface area contributed by atoms with Crippen LogP contribution in [0.3, 0.4) is 0 Å². The number of hydrogen-bond donors (Lipinski definition) is 2. The van der Waals surface area contributed by atoms with Gasteiger partial charge in [0, 0.05) is 32.9 Å². The van der Waals surface area contributed by atoms with Gasteiger partial charge in [-0.05, 0) is 13.0 Å². The molecule has 0 unspecified atom stereocenters. The molecular weight excluding hydrogens is 258 g/mol. The van der Waals surface area contributed by atoms with Gasteiger partial charge in [0.1, 0.15) is 5.56 Å². The van der Waals surface area contributed by atoms with Gasteiger partial charge in [-0.3, -0.25) is 4.68 Å². The first kappa shape index (κ1) is 12.9. The lowest BCUT2D eigenvalue weighted by molar-refractivity contribution is 0.0697. The van der Waals surface area contributed by atoms with Crippen molar-refractivity contribution in [3.8, 4) is 0 Å². The predicted octanol–water partition coefficient (Wildman–Crippen LogP) is 0.466. The van der Waals surface area contributed by atoms with Gasteiger partial charge >= 0.3 is 5.97 Å². The molecule has 2 aromatic heterocycles. The van der Waals surface area contributed by atoms with Crippen LogP contribution in [0, 0.1) is 0 Å². The van der Waals surface area contributed by atoms with Crippen LogP contribution in [-0.4, -0.2) is 52.0 Å². The van der Waals surface area contributed by atoms with Crippen molar-refractivity contribution in [3.05, 3.63) is 18.0 Å². The SMILES string of the molecule is Cn1ncc2c(N3CCCNCC3)c(C(=O)O)cnc21. The number of pyridine rings is 1. The zero-order chi connectivity index (χ0) is 14.1. The Labute approximate surface area is 116 Å². The third-order valence-electron chi connectivity index (χ3n) is 3.62. The standard InChI is InChI=1S/C13H17N5O2/c1-17-12-9(8-16-17)11(10(7-15-12)13(19)20)18-5-2-3-14-4-6-18/h7-8,14H,2-6H2,1H3,(H,19,20). The number of nitrogens with zero attached hydrogens (tertiary/aromatic N) is 4. The van der Waals surface area contributed by atoms with Crippen molar-refractivity contribution < 1.29 is 9.90 Å². The van der Waals surface area contributed by atoms with Crippen LogP contribution in [-0.2, 0) is 7.05 Å². The smallest absolute Gasteiger partial charge is 0.339 e. The molecule has 0 spiro atoms. The van der Waals surface area contributed by atoms with E-state index in [1.807, 2.05) is 7.05 Å². The Hall–Kier alpha value is -2.15. The quantitative estimate of drug-likeness (QED) is 0.829. The minimum Gasteiger partial charge on any atom is -0.478 e. The number of aromatic nitrogens is 3. The number of hydrogen-bond acceptors (Lipinski definition) is 5. The lowest BCUT2D eigenvalue weighted by atomic mass is 10.1. The fourth-order valence-electron chi connectivity index (χ4n) is 2.65. The first-order valence-electron chi connectivity index (χ1n) is 6.68. The fourth-order valence-corrected chi connectivity index (χ4v) is 2.65. The second kappa shape index (κ2) is 5.09. The topological polar surface area (TPSA) is 83.3 Å². The van der Waals surface area contributed by atoms with E-state index in [0.29, 0.717) is 5.65 Å². The van der Waals surface area contributed by atoms with Crippen molar-refractivity contribution in [3.63, 3.8) is 0 Å². The van der Waals surface area contributed by atoms with Gasteiger partial charge in [-0.15, -0.1) is 0 Å². The Bertz CT molecular complexity index is 643. The Morgan fingerprint density at radius 3 is 3.00 bits per heavy atom. The van der Waals surface area contributed by atoms with Gasteiger partial charge in [0.15, 0.2) is 5.65 Å².